The third kappa shape index (κ3) is 2.68. The summed E-state index contributed by atoms with van der Waals surface area (Å²) in [6.45, 7) is 2.68. The Bertz CT molecular complexity index is 373. The van der Waals surface area contributed by atoms with Gasteiger partial charge in [0.15, 0.2) is 0 Å². The summed E-state index contributed by atoms with van der Waals surface area (Å²) in [5.74, 6) is -0.399. The topological polar surface area (TPSA) is 49.4 Å². The van der Waals surface area contributed by atoms with E-state index in [1.54, 1.807) is 11.3 Å². The van der Waals surface area contributed by atoms with E-state index in [0.717, 1.165) is 6.42 Å². The molecule has 0 bridgehead atoms. The number of nitrogens with one attached hydrogen (secondary N) is 1. The molecule has 2 amide bonds. The Morgan fingerprint density at radius 3 is 2.69 bits per heavy atom. The van der Waals surface area contributed by atoms with Crippen LogP contribution in [0.15, 0.2) is 17.5 Å². The standard InChI is InChI=1S/C11H14N2O2S/c1-8(5-9-3-2-4-16-9)13-6-10(14)12-11(15)7-13/h2-4,8H,5-7H2,1H3,(H,12,14,15). The van der Waals surface area contributed by atoms with Crippen LogP contribution in [0.5, 0.6) is 0 Å². The molecule has 0 saturated carbocycles. The fraction of sp³-hybridized carbons (Fsp3) is 0.455. The first-order valence-electron chi connectivity index (χ1n) is 5.24. The zero-order valence-electron chi connectivity index (χ0n) is 9.10. The maximum absolute atomic E-state index is 11.2. The molecule has 1 saturated heterocycles. The Hall–Kier alpha value is -1.20. The van der Waals surface area contributed by atoms with E-state index in [1.165, 1.54) is 4.88 Å². The summed E-state index contributed by atoms with van der Waals surface area (Å²) in [7, 11) is 0. The van der Waals surface area contributed by atoms with Gasteiger partial charge in [-0.05, 0) is 24.8 Å². The highest BCUT2D eigenvalue weighted by molar-refractivity contribution is 7.09. The Balaban J connectivity index is 1.96. The van der Waals surface area contributed by atoms with Crippen molar-refractivity contribution in [3.05, 3.63) is 22.4 Å². The van der Waals surface area contributed by atoms with E-state index in [9.17, 15) is 9.59 Å². The van der Waals surface area contributed by atoms with Crippen LogP contribution in [0.2, 0.25) is 0 Å². The molecular weight excluding hydrogens is 224 g/mol. The summed E-state index contributed by atoms with van der Waals surface area (Å²) in [6.07, 6.45) is 0.887. The van der Waals surface area contributed by atoms with Gasteiger partial charge in [-0.15, -0.1) is 11.3 Å². The smallest absolute Gasteiger partial charge is 0.240 e. The van der Waals surface area contributed by atoms with Crippen LogP contribution in [-0.4, -0.2) is 35.8 Å². The van der Waals surface area contributed by atoms with Crippen LogP contribution >= 0.6 is 11.3 Å². The van der Waals surface area contributed by atoms with Gasteiger partial charge in [0.2, 0.25) is 11.8 Å². The fourth-order valence-corrected chi connectivity index (χ4v) is 2.65. The minimum atomic E-state index is -0.200. The van der Waals surface area contributed by atoms with Gasteiger partial charge < -0.3 is 0 Å². The zero-order valence-corrected chi connectivity index (χ0v) is 9.92. The monoisotopic (exact) mass is 238 g/mol. The first-order chi connectivity index (χ1) is 7.65. The number of nitrogens with zero attached hydrogens (tertiary/aromatic N) is 1. The van der Waals surface area contributed by atoms with Gasteiger partial charge >= 0.3 is 0 Å². The van der Waals surface area contributed by atoms with Crippen molar-refractivity contribution in [3.63, 3.8) is 0 Å². The number of imide groups is 1. The molecule has 0 aromatic carbocycles. The summed E-state index contributed by atoms with van der Waals surface area (Å²) in [5.41, 5.74) is 0. The summed E-state index contributed by atoms with van der Waals surface area (Å²) in [5, 5.41) is 4.34. The van der Waals surface area contributed by atoms with Crippen LogP contribution in [0.25, 0.3) is 0 Å². The van der Waals surface area contributed by atoms with Gasteiger partial charge in [0.25, 0.3) is 0 Å². The summed E-state index contributed by atoms with van der Waals surface area (Å²) < 4.78 is 0. The molecule has 5 heteroatoms. The normalized spacial score (nSPS) is 19.6. The molecular formula is C11H14N2O2S. The van der Waals surface area contributed by atoms with E-state index in [4.69, 9.17) is 0 Å². The summed E-state index contributed by atoms with van der Waals surface area (Å²) >= 11 is 1.70. The quantitative estimate of drug-likeness (QED) is 0.786. The molecule has 1 aromatic rings. The lowest BCUT2D eigenvalue weighted by Gasteiger charge is -2.30. The lowest BCUT2D eigenvalue weighted by molar-refractivity contribution is -0.136. The Kier molecular flexibility index (Phi) is 3.36. The van der Waals surface area contributed by atoms with E-state index in [0.29, 0.717) is 13.1 Å². The number of thiophene rings is 1. The van der Waals surface area contributed by atoms with Crippen molar-refractivity contribution in [1.82, 2.24) is 10.2 Å². The van der Waals surface area contributed by atoms with E-state index in [2.05, 4.69) is 11.4 Å². The third-order valence-corrected chi connectivity index (χ3v) is 3.57. The van der Waals surface area contributed by atoms with Gasteiger partial charge in [-0.3, -0.25) is 19.8 Å². The lowest BCUT2D eigenvalue weighted by Crippen LogP contribution is -2.54. The average molecular weight is 238 g/mol. The first kappa shape index (κ1) is 11.3. The van der Waals surface area contributed by atoms with Gasteiger partial charge in [0, 0.05) is 10.9 Å². The molecule has 16 heavy (non-hydrogen) atoms. The van der Waals surface area contributed by atoms with Gasteiger partial charge in [0.1, 0.15) is 0 Å². The average Bonchev–Trinajstić information content (AvgIpc) is 2.68. The largest absolute Gasteiger partial charge is 0.294 e. The molecule has 0 aliphatic carbocycles. The Morgan fingerprint density at radius 1 is 1.44 bits per heavy atom. The Morgan fingerprint density at radius 2 is 2.12 bits per heavy atom. The van der Waals surface area contributed by atoms with E-state index in [-0.39, 0.29) is 17.9 Å². The number of carbonyl (C=O) groups excluding carboxylic acids is 2. The minimum absolute atomic E-state index is 0.200. The Labute approximate surface area is 98.3 Å². The molecule has 4 nitrogen and oxygen atoms in total. The highest BCUT2D eigenvalue weighted by atomic mass is 32.1. The second-order valence-corrected chi connectivity index (χ2v) is 5.04. The first-order valence-corrected chi connectivity index (χ1v) is 6.12. The highest BCUT2D eigenvalue weighted by Crippen LogP contribution is 2.14. The molecule has 1 N–H and O–H groups in total. The summed E-state index contributed by atoms with van der Waals surface area (Å²) in [4.78, 5) is 25.6. The van der Waals surface area contributed by atoms with Gasteiger partial charge in [0.05, 0.1) is 13.1 Å². The molecule has 2 heterocycles. The van der Waals surface area contributed by atoms with E-state index >= 15 is 0 Å². The van der Waals surface area contributed by atoms with Crippen LogP contribution in [-0.2, 0) is 16.0 Å². The van der Waals surface area contributed by atoms with Gasteiger partial charge in [-0.1, -0.05) is 6.07 Å². The van der Waals surface area contributed by atoms with Crippen LogP contribution < -0.4 is 5.32 Å². The van der Waals surface area contributed by atoms with Crippen molar-refractivity contribution < 1.29 is 9.59 Å². The van der Waals surface area contributed by atoms with Crippen LogP contribution in [0.3, 0.4) is 0 Å². The van der Waals surface area contributed by atoms with Crippen LogP contribution in [0.4, 0.5) is 0 Å². The van der Waals surface area contributed by atoms with Crippen LogP contribution in [0.1, 0.15) is 11.8 Å². The van der Waals surface area contributed by atoms with E-state index < -0.39 is 0 Å². The van der Waals surface area contributed by atoms with Gasteiger partial charge in [-0.25, -0.2) is 0 Å². The second kappa shape index (κ2) is 4.76. The minimum Gasteiger partial charge on any atom is -0.294 e. The SMILES string of the molecule is CC(Cc1cccs1)N1CC(=O)NC(=O)C1. The molecule has 1 unspecified atom stereocenters. The molecule has 1 atom stereocenters. The maximum atomic E-state index is 11.2. The lowest BCUT2D eigenvalue weighted by atomic mass is 10.1. The van der Waals surface area contributed by atoms with Crippen molar-refractivity contribution in [2.24, 2.45) is 0 Å². The van der Waals surface area contributed by atoms with Gasteiger partial charge in [-0.2, -0.15) is 0 Å². The second-order valence-electron chi connectivity index (χ2n) is 4.01. The molecule has 1 aliphatic rings. The molecule has 1 aliphatic heterocycles. The van der Waals surface area contributed by atoms with Crippen molar-refractivity contribution >= 4 is 23.2 Å². The maximum Gasteiger partial charge on any atom is 0.240 e. The third-order valence-electron chi connectivity index (χ3n) is 2.67. The summed E-state index contributed by atoms with van der Waals surface area (Å²) in [6, 6.07) is 4.31. The van der Waals surface area contributed by atoms with Crippen LogP contribution in [0, 0.1) is 0 Å². The molecule has 0 radical (unpaired) electrons. The number of carbonyl (C=O) groups is 2. The van der Waals surface area contributed by atoms with Crippen molar-refractivity contribution in [2.45, 2.75) is 19.4 Å². The number of amides is 2. The molecule has 86 valence electrons. The molecule has 2 rings (SSSR count). The molecule has 1 fully saturated rings. The number of rotatable bonds is 3. The number of hydrogen-bond donors (Lipinski definition) is 1. The number of hydrogen-bond acceptors (Lipinski definition) is 4. The van der Waals surface area contributed by atoms with Crippen molar-refractivity contribution in [2.75, 3.05) is 13.1 Å². The van der Waals surface area contributed by atoms with Crippen molar-refractivity contribution in [1.29, 1.82) is 0 Å². The predicted molar refractivity (Wildman–Crippen MR) is 62.2 cm³/mol. The molecule has 0 spiro atoms. The molecule has 1 aromatic heterocycles. The fourth-order valence-electron chi connectivity index (χ4n) is 1.82. The zero-order chi connectivity index (χ0) is 11.5. The highest BCUT2D eigenvalue weighted by Gasteiger charge is 2.26. The van der Waals surface area contributed by atoms with E-state index in [1.807, 2.05) is 23.3 Å². The number of piperazine rings is 1. The van der Waals surface area contributed by atoms with Crippen molar-refractivity contribution in [3.8, 4) is 0 Å². The predicted octanol–water partition coefficient (Wildman–Crippen LogP) is 0.637.